The third-order valence-corrected chi connectivity index (χ3v) is 36.2. The number of allylic oxidation sites excluding steroid dienone is 2. The number of halogens is 2. The molecule has 2 saturated carbocycles. The SMILES string of the molecule is CC(C)C1=Cc2c(C3CC3)cccc2[CH]1[Hf]([CH]1C(C(C)C)=Cc2c(C3CC3)cccc21)=[Si](C)C.Cl.Cl. The molecule has 0 aromatic heterocycles. The van der Waals surface area contributed by atoms with Crippen LogP contribution in [0.25, 0.3) is 12.2 Å². The van der Waals surface area contributed by atoms with Gasteiger partial charge in [-0.15, -0.1) is 24.8 Å². The third-order valence-electron chi connectivity index (χ3n) is 8.82. The maximum atomic E-state index is 2.70. The van der Waals surface area contributed by atoms with Gasteiger partial charge in [0.2, 0.25) is 0 Å². The van der Waals surface area contributed by atoms with Gasteiger partial charge in [-0.05, 0) is 0 Å². The zero-order chi connectivity index (χ0) is 23.7. The van der Waals surface area contributed by atoms with Crippen molar-refractivity contribution in [3.63, 3.8) is 0 Å². The van der Waals surface area contributed by atoms with Gasteiger partial charge in [0, 0.05) is 0 Å². The van der Waals surface area contributed by atoms with Crippen LogP contribution in [0.1, 0.15) is 106 Å². The molecule has 2 fully saturated rings. The van der Waals surface area contributed by atoms with Crippen molar-refractivity contribution in [1.29, 1.82) is 0 Å². The Kier molecular flexibility index (Phi) is 8.73. The van der Waals surface area contributed by atoms with Gasteiger partial charge in [0.1, 0.15) is 0 Å². The number of benzene rings is 2. The van der Waals surface area contributed by atoms with Crippen molar-refractivity contribution in [2.24, 2.45) is 11.8 Å². The van der Waals surface area contributed by atoms with Gasteiger partial charge in [0.25, 0.3) is 0 Å². The second kappa shape index (κ2) is 11.0. The summed E-state index contributed by atoms with van der Waals surface area (Å²) < 4.78 is 1.57. The van der Waals surface area contributed by atoms with E-state index in [1.807, 2.05) is 0 Å². The second-order valence-corrected chi connectivity index (χ2v) is 37.1. The van der Waals surface area contributed by atoms with Crippen molar-refractivity contribution in [3.05, 3.63) is 80.9 Å². The van der Waals surface area contributed by atoms with E-state index in [1.54, 1.807) is 44.5 Å². The van der Waals surface area contributed by atoms with Gasteiger partial charge < -0.3 is 0 Å². The average molecular weight is 704 g/mol. The van der Waals surface area contributed by atoms with E-state index in [1.165, 1.54) is 25.7 Å². The fourth-order valence-corrected chi connectivity index (χ4v) is 36.7. The molecular formula is C32H42Cl2HfSi. The first-order valence-corrected chi connectivity index (χ1v) is 25.8. The van der Waals surface area contributed by atoms with Crippen LogP contribution < -0.4 is 0 Å². The van der Waals surface area contributed by atoms with Crippen molar-refractivity contribution in [3.8, 4) is 0 Å². The molecule has 0 heterocycles. The van der Waals surface area contributed by atoms with E-state index in [4.69, 9.17) is 0 Å². The monoisotopic (exact) mass is 704 g/mol. The van der Waals surface area contributed by atoms with Crippen molar-refractivity contribution in [2.75, 3.05) is 0 Å². The summed E-state index contributed by atoms with van der Waals surface area (Å²) >= 11 is -2.23. The van der Waals surface area contributed by atoms with Gasteiger partial charge in [0.15, 0.2) is 0 Å². The summed E-state index contributed by atoms with van der Waals surface area (Å²) in [7, 11) is 0. The Hall–Kier alpha value is -0.413. The molecule has 2 aromatic carbocycles. The van der Waals surface area contributed by atoms with E-state index >= 15 is 0 Å². The minimum absolute atomic E-state index is 0. The molecule has 4 aliphatic carbocycles. The molecule has 2 atom stereocenters. The minimum atomic E-state index is -2.23. The fourth-order valence-electron chi connectivity index (χ4n) is 6.84. The summed E-state index contributed by atoms with van der Waals surface area (Å²) in [6.45, 7) is 15.2. The molecular weight excluding hydrogens is 662 g/mol. The molecule has 6 rings (SSSR count). The van der Waals surface area contributed by atoms with Crippen molar-refractivity contribution >= 4 is 42.5 Å². The smallest absolute Gasteiger partial charge is 0.147 e. The summed E-state index contributed by atoms with van der Waals surface area (Å²) in [4.78, 5) is 0. The molecule has 0 bridgehead atoms. The van der Waals surface area contributed by atoms with Crippen LogP contribution in [-0.2, 0) is 20.1 Å². The predicted molar refractivity (Wildman–Crippen MR) is 160 cm³/mol. The Balaban J connectivity index is 0.00000152. The Morgan fingerprint density at radius 1 is 0.639 bits per heavy atom. The quantitative estimate of drug-likeness (QED) is 0.263. The first-order chi connectivity index (χ1) is 16.4. The van der Waals surface area contributed by atoms with Gasteiger partial charge in [-0.25, -0.2) is 0 Å². The fraction of sp³-hybridized carbons (Fsp3) is 0.500. The summed E-state index contributed by atoms with van der Waals surface area (Å²) in [6, 6.07) is 14.8. The van der Waals surface area contributed by atoms with Gasteiger partial charge in [-0.3, -0.25) is 0 Å². The van der Waals surface area contributed by atoms with Crippen molar-refractivity contribution in [2.45, 2.75) is 85.7 Å². The second-order valence-electron chi connectivity index (χ2n) is 12.2. The van der Waals surface area contributed by atoms with Crippen LogP contribution in [0.2, 0.25) is 13.1 Å². The van der Waals surface area contributed by atoms with Crippen LogP contribution in [0.5, 0.6) is 0 Å². The zero-order valence-corrected chi connectivity index (χ0v) is 29.0. The standard InChI is InChI=1S/2C15H17.C2H6Si.2ClH.Hf/c2*1-10(2)13-8-12-4-3-5-14(11-6-7-11)15(12)9-13;1-3-2;;;/h2*3-5,8-11H,6-7H2,1-2H3;1-2H3;2*1H;. The normalized spacial score (nSPS) is 21.9. The van der Waals surface area contributed by atoms with E-state index in [0.717, 1.165) is 19.2 Å². The van der Waals surface area contributed by atoms with Crippen molar-refractivity contribution in [1.82, 2.24) is 0 Å². The molecule has 36 heavy (non-hydrogen) atoms. The molecule has 2 unspecified atom stereocenters. The van der Waals surface area contributed by atoms with Crippen LogP contribution >= 0.6 is 24.8 Å². The molecule has 0 radical (unpaired) electrons. The third kappa shape index (κ3) is 4.87. The molecule has 0 amide bonds. The van der Waals surface area contributed by atoms with Gasteiger partial charge in [-0.1, -0.05) is 0 Å². The van der Waals surface area contributed by atoms with E-state index in [9.17, 15) is 0 Å². The Morgan fingerprint density at radius 3 is 1.31 bits per heavy atom. The van der Waals surface area contributed by atoms with Crippen LogP contribution in [0.4, 0.5) is 0 Å². The number of fused-ring (bicyclic) bond motifs is 2. The van der Waals surface area contributed by atoms with Crippen LogP contribution in [0.3, 0.4) is 0 Å². The molecule has 192 valence electrons. The molecule has 0 spiro atoms. The first kappa shape index (κ1) is 28.6. The molecule has 0 N–H and O–H groups in total. The van der Waals surface area contributed by atoms with Gasteiger partial charge in [0.05, 0.1) is 0 Å². The van der Waals surface area contributed by atoms with E-state index < -0.39 is 20.1 Å². The van der Waals surface area contributed by atoms with Crippen LogP contribution in [-0.4, -0.2) is 5.49 Å². The Morgan fingerprint density at radius 2 is 1.00 bits per heavy atom. The molecule has 0 nitrogen and oxygen atoms in total. The summed E-state index contributed by atoms with van der Waals surface area (Å²) in [5.74, 6) is 2.96. The maximum Gasteiger partial charge on any atom is -0.147 e. The molecule has 4 heteroatoms. The number of rotatable bonds is 6. The van der Waals surface area contributed by atoms with Crippen molar-refractivity contribution < 1.29 is 20.1 Å². The van der Waals surface area contributed by atoms with Crippen LogP contribution in [0.15, 0.2) is 47.5 Å². The van der Waals surface area contributed by atoms with E-state index in [0.29, 0.717) is 11.8 Å². The molecule has 2 aromatic rings. The zero-order valence-electron chi connectivity index (χ0n) is 22.7. The molecule has 0 aliphatic heterocycles. The largest absolute Gasteiger partial charge is 0.147 e. The van der Waals surface area contributed by atoms with Gasteiger partial charge >= 0.3 is 216 Å². The van der Waals surface area contributed by atoms with Gasteiger partial charge in [-0.2, -0.15) is 0 Å². The predicted octanol–water partition coefficient (Wildman–Crippen LogP) is 10.0. The Bertz CT molecular complexity index is 1170. The average Bonchev–Trinajstić information content (AvgIpc) is 3.73. The van der Waals surface area contributed by atoms with E-state index in [2.05, 4.69) is 89.3 Å². The summed E-state index contributed by atoms with van der Waals surface area (Å²) in [6.07, 6.45) is 11.0. The topological polar surface area (TPSA) is 0 Å². The first-order valence-electron chi connectivity index (χ1n) is 13.7. The van der Waals surface area contributed by atoms with E-state index in [-0.39, 0.29) is 30.3 Å². The van der Waals surface area contributed by atoms with Crippen LogP contribution in [0, 0.1) is 11.8 Å². The Labute approximate surface area is 239 Å². The molecule has 4 aliphatic rings. The number of hydrogen-bond acceptors (Lipinski definition) is 0. The summed E-state index contributed by atoms with van der Waals surface area (Å²) in [5.41, 5.74) is 13.4. The number of hydrogen-bond donors (Lipinski definition) is 0. The summed E-state index contributed by atoms with van der Waals surface area (Å²) in [5, 5.41) is 0. The minimum Gasteiger partial charge on any atom is -0.147 e. The maximum absolute atomic E-state index is 2.70. The molecule has 0 saturated heterocycles.